The lowest BCUT2D eigenvalue weighted by molar-refractivity contribution is 0.0692. The van der Waals surface area contributed by atoms with Crippen molar-refractivity contribution < 1.29 is 19.5 Å². The van der Waals surface area contributed by atoms with E-state index in [0.29, 0.717) is 5.56 Å². The third-order valence-electron chi connectivity index (χ3n) is 5.73. The first-order valence-electron chi connectivity index (χ1n) is 11.7. The fourth-order valence-electron chi connectivity index (χ4n) is 3.81. The van der Waals surface area contributed by atoms with Crippen LogP contribution in [0, 0.1) is 0 Å². The van der Waals surface area contributed by atoms with Gasteiger partial charge in [0.25, 0.3) is 0 Å². The number of carboxylic acids is 1. The Kier molecular flexibility index (Phi) is 8.15. The summed E-state index contributed by atoms with van der Waals surface area (Å²) in [4.78, 5) is 35.4. The Balaban J connectivity index is 0.000000176. The zero-order valence-corrected chi connectivity index (χ0v) is 20.0. The van der Waals surface area contributed by atoms with Gasteiger partial charge in [-0.2, -0.15) is 0 Å². The second-order valence-electron chi connectivity index (χ2n) is 8.18. The van der Waals surface area contributed by atoms with Crippen molar-refractivity contribution in [2.75, 3.05) is 0 Å². The van der Waals surface area contributed by atoms with Gasteiger partial charge in [0.15, 0.2) is 11.6 Å². The number of aromatic carboxylic acids is 1. The molecule has 5 aromatic carbocycles. The summed E-state index contributed by atoms with van der Waals surface area (Å²) in [6, 6.07) is 42.1. The lowest BCUT2D eigenvalue weighted by Gasteiger charge is -2.04. The third-order valence-corrected chi connectivity index (χ3v) is 5.73. The Morgan fingerprint density at radius 2 is 0.757 bits per heavy atom. The quantitative estimate of drug-likeness (QED) is 0.259. The maximum atomic E-state index is 12.3. The van der Waals surface area contributed by atoms with Gasteiger partial charge in [-0.25, -0.2) is 4.79 Å². The minimum Gasteiger partial charge on any atom is -0.478 e. The molecule has 0 saturated heterocycles. The van der Waals surface area contributed by atoms with E-state index in [2.05, 4.69) is 12.1 Å². The van der Waals surface area contributed by atoms with Gasteiger partial charge in [-0.3, -0.25) is 9.59 Å². The first-order chi connectivity index (χ1) is 18.0. The summed E-state index contributed by atoms with van der Waals surface area (Å²) in [5, 5.41) is 9.01. The molecule has 4 heteroatoms. The van der Waals surface area contributed by atoms with Crippen LogP contribution in [0.1, 0.15) is 42.2 Å². The molecule has 0 amide bonds. The molecule has 0 heterocycles. The van der Waals surface area contributed by atoms with Crippen LogP contribution < -0.4 is 0 Å². The zero-order valence-electron chi connectivity index (χ0n) is 20.0. The van der Waals surface area contributed by atoms with E-state index < -0.39 is 5.97 Å². The molecule has 0 aliphatic heterocycles. The lowest BCUT2D eigenvalue weighted by Crippen LogP contribution is -2.09. The van der Waals surface area contributed by atoms with E-state index in [0.717, 1.165) is 22.3 Å². The number of hydrogen-bond acceptors (Lipinski definition) is 3. The molecule has 0 aliphatic carbocycles. The van der Waals surface area contributed by atoms with Crippen LogP contribution in [-0.2, 0) is 0 Å². The van der Waals surface area contributed by atoms with Crippen LogP contribution in [-0.4, -0.2) is 22.6 Å². The van der Waals surface area contributed by atoms with E-state index in [1.165, 1.54) is 12.1 Å². The Hall–Kier alpha value is -5.09. The topological polar surface area (TPSA) is 71.4 Å². The summed E-state index contributed by atoms with van der Waals surface area (Å²) >= 11 is 0. The average molecular weight is 485 g/mol. The second-order valence-corrected chi connectivity index (χ2v) is 8.18. The minimum absolute atomic E-state index is 0.0290. The molecule has 0 bridgehead atoms. The van der Waals surface area contributed by atoms with Gasteiger partial charge >= 0.3 is 5.97 Å². The van der Waals surface area contributed by atoms with Crippen molar-refractivity contribution in [1.29, 1.82) is 0 Å². The summed E-state index contributed by atoms with van der Waals surface area (Å²) in [5.74, 6) is -1.31. The number of benzene rings is 5. The summed E-state index contributed by atoms with van der Waals surface area (Å²) in [6.07, 6.45) is 0. The Labute approximate surface area is 215 Å². The first kappa shape index (κ1) is 25.0. The maximum Gasteiger partial charge on any atom is 0.336 e. The lowest BCUT2D eigenvalue weighted by atomic mass is 9.98. The molecule has 0 radical (unpaired) electrons. The predicted molar refractivity (Wildman–Crippen MR) is 145 cm³/mol. The standard InChI is InChI=1S/C19H14O.C14H10O3/c20-19(17-9-5-2-6-10-17)18-13-11-16(12-14-18)15-7-3-1-4-8-15;15-13(10-6-2-1-3-7-10)11-8-4-5-9-12(11)14(16)17/h1-14H;1-9H,(H,16,17). The smallest absolute Gasteiger partial charge is 0.336 e. The van der Waals surface area contributed by atoms with Crippen molar-refractivity contribution in [2.24, 2.45) is 0 Å². The number of ketones is 2. The van der Waals surface area contributed by atoms with Crippen LogP contribution in [0.4, 0.5) is 0 Å². The largest absolute Gasteiger partial charge is 0.478 e. The number of carbonyl (C=O) groups excluding carboxylic acids is 2. The molecule has 0 aliphatic rings. The fourth-order valence-corrected chi connectivity index (χ4v) is 3.81. The van der Waals surface area contributed by atoms with Gasteiger partial charge in [-0.05, 0) is 17.2 Å². The molecule has 1 N–H and O–H groups in total. The van der Waals surface area contributed by atoms with E-state index >= 15 is 0 Å². The van der Waals surface area contributed by atoms with Gasteiger partial charge in [0.1, 0.15) is 0 Å². The molecular weight excluding hydrogens is 460 g/mol. The highest BCUT2D eigenvalue weighted by Gasteiger charge is 2.16. The van der Waals surface area contributed by atoms with Crippen molar-refractivity contribution in [3.63, 3.8) is 0 Å². The molecule has 4 nitrogen and oxygen atoms in total. The minimum atomic E-state index is -1.09. The monoisotopic (exact) mass is 484 g/mol. The van der Waals surface area contributed by atoms with Gasteiger partial charge in [0, 0.05) is 22.3 Å². The van der Waals surface area contributed by atoms with Gasteiger partial charge in [-0.1, -0.05) is 133 Å². The second kappa shape index (κ2) is 12.0. The number of carboxylic acid groups (broad SMARTS) is 1. The molecule has 180 valence electrons. The van der Waals surface area contributed by atoms with E-state index in [1.54, 1.807) is 42.5 Å². The van der Waals surface area contributed by atoms with Gasteiger partial charge < -0.3 is 5.11 Å². The number of carbonyl (C=O) groups is 3. The van der Waals surface area contributed by atoms with E-state index in [9.17, 15) is 14.4 Å². The molecule has 0 aromatic heterocycles. The third kappa shape index (κ3) is 6.32. The normalized spacial score (nSPS) is 10.1. The Morgan fingerprint density at radius 1 is 0.378 bits per heavy atom. The van der Waals surface area contributed by atoms with Crippen LogP contribution in [0.25, 0.3) is 11.1 Å². The predicted octanol–water partition coefficient (Wildman–Crippen LogP) is 7.20. The van der Waals surface area contributed by atoms with Crippen molar-refractivity contribution in [3.05, 3.63) is 167 Å². The van der Waals surface area contributed by atoms with Crippen molar-refractivity contribution in [1.82, 2.24) is 0 Å². The van der Waals surface area contributed by atoms with E-state index in [4.69, 9.17) is 5.11 Å². The first-order valence-corrected chi connectivity index (χ1v) is 11.7. The molecule has 5 aromatic rings. The van der Waals surface area contributed by atoms with Crippen molar-refractivity contribution >= 4 is 17.5 Å². The molecule has 0 saturated carbocycles. The molecule has 0 spiro atoms. The van der Waals surface area contributed by atoms with Gasteiger partial charge in [-0.15, -0.1) is 0 Å². The van der Waals surface area contributed by atoms with Gasteiger partial charge in [0.2, 0.25) is 0 Å². The zero-order chi connectivity index (χ0) is 26.0. The molecule has 0 fully saturated rings. The molecule has 0 unspecified atom stereocenters. The molecule has 5 rings (SSSR count). The van der Waals surface area contributed by atoms with Crippen LogP contribution in [0.2, 0.25) is 0 Å². The summed E-state index contributed by atoms with van der Waals surface area (Å²) in [7, 11) is 0. The highest BCUT2D eigenvalue weighted by molar-refractivity contribution is 6.14. The highest BCUT2D eigenvalue weighted by Crippen LogP contribution is 2.20. The van der Waals surface area contributed by atoms with Crippen LogP contribution in [0.15, 0.2) is 140 Å². The number of hydrogen-bond donors (Lipinski definition) is 1. The summed E-state index contributed by atoms with van der Waals surface area (Å²) in [5.41, 5.74) is 4.45. The molecule has 0 atom stereocenters. The van der Waals surface area contributed by atoms with Crippen molar-refractivity contribution in [3.8, 4) is 11.1 Å². The summed E-state index contributed by atoms with van der Waals surface area (Å²) in [6.45, 7) is 0. The van der Waals surface area contributed by atoms with Crippen molar-refractivity contribution in [2.45, 2.75) is 0 Å². The average Bonchev–Trinajstić information content (AvgIpc) is 2.98. The van der Waals surface area contributed by atoms with Crippen LogP contribution in [0.3, 0.4) is 0 Å². The maximum absolute atomic E-state index is 12.3. The Morgan fingerprint density at radius 3 is 1.27 bits per heavy atom. The molecule has 37 heavy (non-hydrogen) atoms. The highest BCUT2D eigenvalue weighted by atomic mass is 16.4. The number of rotatable bonds is 6. The van der Waals surface area contributed by atoms with E-state index in [1.807, 2.05) is 72.8 Å². The molecular formula is C33H24O4. The SMILES string of the molecule is O=C(O)c1ccccc1C(=O)c1ccccc1.O=C(c1ccccc1)c1ccc(-c2ccccc2)cc1. The van der Waals surface area contributed by atoms with Gasteiger partial charge in [0.05, 0.1) is 5.56 Å². The summed E-state index contributed by atoms with van der Waals surface area (Å²) < 4.78 is 0. The van der Waals surface area contributed by atoms with E-state index in [-0.39, 0.29) is 22.7 Å². The van der Waals surface area contributed by atoms with Crippen LogP contribution >= 0.6 is 0 Å². The fraction of sp³-hybridized carbons (Fsp3) is 0. The van der Waals surface area contributed by atoms with Crippen LogP contribution in [0.5, 0.6) is 0 Å². The Bertz CT molecular complexity index is 1490.